The quantitative estimate of drug-likeness (QED) is 0.119. The number of benzene rings is 3. The summed E-state index contributed by atoms with van der Waals surface area (Å²) in [5.41, 5.74) is 2.59. The Morgan fingerprint density at radius 3 is 2.11 bits per heavy atom. The lowest BCUT2D eigenvalue weighted by molar-refractivity contribution is -0.384. The van der Waals surface area contributed by atoms with Gasteiger partial charge in [0, 0.05) is 49.2 Å². The largest absolute Gasteiger partial charge is 0.332 e. The number of carbonyl (C=O) groups is 1. The first-order valence-corrected chi connectivity index (χ1v) is 15.8. The fourth-order valence-corrected chi connectivity index (χ4v) is 7.11. The average Bonchev–Trinajstić information content (AvgIpc) is 3.10. The maximum atomic E-state index is 14.0. The second-order valence-corrected chi connectivity index (χ2v) is 12.3. The normalized spacial score (nSPS) is 14.7. The SMILES string of the molecule is Cc1nc2c(c(-c3cccc([N+](=O)[O-])c3)c1C(=O)CCCN1CCC(c3ccccc3)(c3ccccc3)CC1)c(=O)n(C)c(=O)n2C. The predicted octanol–water partition coefficient (Wildman–Crippen LogP) is 5.56. The molecule has 0 spiro atoms. The summed E-state index contributed by atoms with van der Waals surface area (Å²) >= 11 is 0. The van der Waals surface area contributed by atoms with E-state index in [0.717, 1.165) is 37.0 Å². The van der Waals surface area contributed by atoms with Gasteiger partial charge in [0.1, 0.15) is 5.65 Å². The number of nitro groups is 1. The molecule has 1 aliphatic rings. The summed E-state index contributed by atoms with van der Waals surface area (Å²) in [4.78, 5) is 58.4. The number of hydrogen-bond donors (Lipinski definition) is 0. The Bertz CT molecular complexity index is 2050. The average molecular weight is 632 g/mol. The van der Waals surface area contributed by atoms with Crippen molar-refractivity contribution in [3.05, 3.63) is 138 Å². The van der Waals surface area contributed by atoms with E-state index < -0.39 is 16.2 Å². The molecule has 47 heavy (non-hydrogen) atoms. The number of aryl methyl sites for hydroxylation is 2. The number of rotatable bonds is 9. The Kier molecular flexibility index (Phi) is 8.70. The molecule has 10 nitrogen and oxygen atoms in total. The van der Waals surface area contributed by atoms with E-state index >= 15 is 0 Å². The molecule has 0 bridgehead atoms. The first-order chi connectivity index (χ1) is 22.6. The topological polar surface area (TPSA) is 120 Å². The maximum absolute atomic E-state index is 14.0. The molecule has 0 aliphatic carbocycles. The second-order valence-electron chi connectivity index (χ2n) is 12.3. The lowest BCUT2D eigenvalue weighted by Crippen LogP contribution is -2.43. The highest BCUT2D eigenvalue weighted by molar-refractivity contribution is 6.10. The van der Waals surface area contributed by atoms with Crippen molar-refractivity contribution < 1.29 is 9.72 Å². The van der Waals surface area contributed by atoms with Gasteiger partial charge in [-0.1, -0.05) is 72.8 Å². The molecule has 0 unspecified atom stereocenters. The van der Waals surface area contributed by atoms with Gasteiger partial charge in [-0.2, -0.15) is 0 Å². The molecule has 0 N–H and O–H groups in total. The Morgan fingerprint density at radius 1 is 0.894 bits per heavy atom. The highest BCUT2D eigenvalue weighted by atomic mass is 16.6. The molecule has 3 aromatic carbocycles. The number of non-ortho nitro benzene ring substituents is 1. The molecule has 1 fully saturated rings. The second kappa shape index (κ2) is 12.9. The zero-order valence-corrected chi connectivity index (χ0v) is 26.8. The third-order valence-corrected chi connectivity index (χ3v) is 9.63. The van der Waals surface area contributed by atoms with Gasteiger partial charge >= 0.3 is 5.69 Å². The highest BCUT2D eigenvalue weighted by Gasteiger charge is 2.37. The standard InChI is InChI=1S/C37H37N5O5/c1-25-31(32(26-12-10-17-29(24-26)42(46)47)33-34(38-25)39(2)36(45)40(3)35(33)44)30(43)18-11-21-41-22-19-37(20-23-41,27-13-6-4-7-14-27)28-15-8-5-9-16-28/h4-10,12-17,24H,11,18-23H2,1-3H3. The summed E-state index contributed by atoms with van der Waals surface area (Å²) in [6.07, 6.45) is 2.73. The number of aromatic nitrogens is 3. The lowest BCUT2D eigenvalue weighted by Gasteiger charge is -2.43. The molecule has 0 radical (unpaired) electrons. The fourth-order valence-electron chi connectivity index (χ4n) is 7.11. The molecule has 0 saturated carbocycles. The lowest BCUT2D eigenvalue weighted by atomic mass is 9.68. The summed E-state index contributed by atoms with van der Waals surface area (Å²) in [6, 6.07) is 27.2. The van der Waals surface area contributed by atoms with Gasteiger partial charge in [0.05, 0.1) is 16.0 Å². The number of hydrogen-bond acceptors (Lipinski definition) is 7. The Morgan fingerprint density at radius 2 is 1.51 bits per heavy atom. The molecule has 2 aromatic heterocycles. The number of ketones is 1. The van der Waals surface area contributed by atoms with Crippen LogP contribution in [0.3, 0.4) is 0 Å². The summed E-state index contributed by atoms with van der Waals surface area (Å²) in [5, 5.41) is 11.7. The van der Waals surface area contributed by atoms with Crippen molar-refractivity contribution in [2.75, 3.05) is 19.6 Å². The fraction of sp³-hybridized carbons (Fsp3) is 0.297. The van der Waals surface area contributed by atoms with E-state index in [-0.39, 0.29) is 45.5 Å². The number of Topliss-reactive ketones (excluding diaryl/α,β-unsaturated/α-hetero) is 1. The van der Waals surface area contributed by atoms with Crippen LogP contribution in [0, 0.1) is 17.0 Å². The molecular weight excluding hydrogens is 594 g/mol. The van der Waals surface area contributed by atoms with E-state index in [1.165, 1.54) is 48.0 Å². The first-order valence-electron chi connectivity index (χ1n) is 15.8. The van der Waals surface area contributed by atoms with Gasteiger partial charge in [-0.25, -0.2) is 9.78 Å². The number of nitrogens with zero attached hydrogens (tertiary/aromatic N) is 5. The van der Waals surface area contributed by atoms with E-state index in [4.69, 9.17) is 0 Å². The molecule has 240 valence electrons. The van der Waals surface area contributed by atoms with Crippen LogP contribution in [-0.4, -0.2) is 49.4 Å². The van der Waals surface area contributed by atoms with Gasteiger partial charge in [0.25, 0.3) is 11.2 Å². The Balaban J connectivity index is 1.28. The maximum Gasteiger partial charge on any atom is 0.332 e. The van der Waals surface area contributed by atoms with Gasteiger partial charge in [0.2, 0.25) is 0 Å². The molecule has 0 amide bonds. The Hall–Kier alpha value is -5.22. The van der Waals surface area contributed by atoms with Crippen molar-refractivity contribution >= 4 is 22.5 Å². The smallest absolute Gasteiger partial charge is 0.303 e. The van der Waals surface area contributed by atoms with Crippen molar-refractivity contribution in [3.63, 3.8) is 0 Å². The molecule has 5 aromatic rings. The minimum Gasteiger partial charge on any atom is -0.303 e. The number of carbonyl (C=O) groups excluding carboxylic acids is 1. The van der Waals surface area contributed by atoms with Crippen molar-refractivity contribution in [1.82, 2.24) is 19.0 Å². The van der Waals surface area contributed by atoms with E-state index in [9.17, 15) is 24.5 Å². The van der Waals surface area contributed by atoms with Crippen molar-refractivity contribution in [2.45, 2.75) is 38.0 Å². The zero-order valence-electron chi connectivity index (χ0n) is 26.8. The van der Waals surface area contributed by atoms with Crippen LogP contribution >= 0.6 is 0 Å². The number of pyridine rings is 1. The number of piperidine rings is 1. The minimum absolute atomic E-state index is 0.0673. The third kappa shape index (κ3) is 5.81. The van der Waals surface area contributed by atoms with Gasteiger partial charge in [0.15, 0.2) is 5.78 Å². The van der Waals surface area contributed by atoms with Gasteiger partial charge in [-0.3, -0.25) is 28.8 Å². The monoisotopic (exact) mass is 631 g/mol. The van der Waals surface area contributed by atoms with E-state index in [1.807, 2.05) is 12.1 Å². The zero-order chi connectivity index (χ0) is 33.3. The van der Waals surface area contributed by atoms with Crippen molar-refractivity contribution in [3.8, 4) is 11.1 Å². The van der Waals surface area contributed by atoms with Crippen LogP contribution in [0.2, 0.25) is 0 Å². The highest BCUT2D eigenvalue weighted by Crippen LogP contribution is 2.42. The van der Waals surface area contributed by atoms with Crippen LogP contribution in [0.25, 0.3) is 22.2 Å². The van der Waals surface area contributed by atoms with Crippen LogP contribution in [0.15, 0.2) is 94.5 Å². The van der Waals surface area contributed by atoms with E-state index in [1.54, 1.807) is 13.0 Å². The number of fused-ring (bicyclic) bond motifs is 1. The molecule has 0 atom stereocenters. The number of nitro benzene ring substituents is 1. The molecule has 3 heterocycles. The molecule has 1 saturated heterocycles. The van der Waals surface area contributed by atoms with E-state index in [2.05, 4.69) is 58.4 Å². The van der Waals surface area contributed by atoms with Crippen molar-refractivity contribution in [2.24, 2.45) is 14.1 Å². The van der Waals surface area contributed by atoms with E-state index in [0.29, 0.717) is 17.7 Å². The van der Waals surface area contributed by atoms with Gasteiger partial charge in [-0.05, 0) is 62.5 Å². The predicted molar refractivity (Wildman–Crippen MR) is 182 cm³/mol. The van der Waals surface area contributed by atoms with Crippen LogP contribution in [-0.2, 0) is 19.5 Å². The molecule has 1 aliphatic heterocycles. The summed E-state index contributed by atoms with van der Waals surface area (Å²) < 4.78 is 2.23. The van der Waals surface area contributed by atoms with Crippen molar-refractivity contribution in [1.29, 1.82) is 0 Å². The summed E-state index contributed by atoms with van der Waals surface area (Å²) in [7, 11) is 2.88. The van der Waals surface area contributed by atoms with Crippen LogP contribution in [0.5, 0.6) is 0 Å². The Labute approximate surface area is 272 Å². The third-order valence-electron chi connectivity index (χ3n) is 9.63. The molecule has 10 heteroatoms. The first kappa shape index (κ1) is 31.7. The van der Waals surface area contributed by atoms with Crippen LogP contribution in [0.4, 0.5) is 5.69 Å². The summed E-state index contributed by atoms with van der Waals surface area (Å²) in [6.45, 7) is 4.18. The minimum atomic E-state index is -0.611. The summed E-state index contributed by atoms with van der Waals surface area (Å²) in [5.74, 6) is -0.200. The van der Waals surface area contributed by atoms with Crippen LogP contribution in [0.1, 0.15) is 52.9 Å². The van der Waals surface area contributed by atoms with Crippen LogP contribution < -0.4 is 11.2 Å². The van der Waals surface area contributed by atoms with Gasteiger partial charge in [-0.15, -0.1) is 0 Å². The van der Waals surface area contributed by atoms with Gasteiger partial charge < -0.3 is 4.90 Å². The number of likely N-dealkylation sites (tertiary alicyclic amines) is 1. The molecule has 6 rings (SSSR count). The molecular formula is C37H37N5O5.